The second-order valence-electron chi connectivity index (χ2n) is 7.37. The number of rotatable bonds is 4. The van der Waals surface area contributed by atoms with E-state index in [1.54, 1.807) is 0 Å². The van der Waals surface area contributed by atoms with Crippen molar-refractivity contribution >= 4 is 36.0 Å². The van der Waals surface area contributed by atoms with Crippen molar-refractivity contribution in [2.24, 2.45) is 0 Å². The first-order valence-corrected chi connectivity index (χ1v) is 20.2. The topological polar surface area (TPSA) is 47.9 Å². The average Bonchev–Trinajstić information content (AvgIpc) is 3.09. The number of benzene rings is 2. The number of fused-ring (bicyclic) bond motifs is 1. The Balaban J connectivity index is 1.63. The van der Waals surface area contributed by atoms with E-state index in [-0.39, 0.29) is 6.10 Å². The summed E-state index contributed by atoms with van der Waals surface area (Å²) in [5.41, 5.74) is 0. The van der Waals surface area contributed by atoms with E-state index in [0.29, 0.717) is 0 Å². The van der Waals surface area contributed by atoms with Crippen LogP contribution in [0.25, 0.3) is 0 Å². The molecule has 2 aromatic rings. The van der Waals surface area contributed by atoms with Gasteiger partial charge in [-0.2, -0.15) is 0 Å². The minimum absolute atomic E-state index is 0.309. The van der Waals surface area contributed by atoms with Crippen LogP contribution in [0.1, 0.15) is 13.8 Å². The van der Waals surface area contributed by atoms with Crippen LogP contribution in [-0.4, -0.2) is 51.7 Å². The Kier molecular flexibility index (Phi) is 5.22. The van der Waals surface area contributed by atoms with Gasteiger partial charge in [0.25, 0.3) is 0 Å². The summed E-state index contributed by atoms with van der Waals surface area (Å²) in [5.74, 6) is -0.713. The number of hydrogen-bond donors (Lipinski definition) is 1. The molecule has 2 aromatic carbocycles. The van der Waals surface area contributed by atoms with Gasteiger partial charge in [0, 0.05) is 0 Å². The van der Waals surface area contributed by atoms with Gasteiger partial charge in [-0.3, -0.25) is 0 Å². The molecule has 0 bridgehead atoms. The first kappa shape index (κ1) is 18.9. The SMILES string of the molecule is CC1(C)O[C@H]2O[C@H]([CH2][Sn]([Br])([c]3ccccc3)[c]3ccccc3)[C@H](O)[C@H]2O1. The summed E-state index contributed by atoms with van der Waals surface area (Å²) in [5, 5.41) is 10.8. The maximum absolute atomic E-state index is 10.8. The standard InChI is InChI=1S/C8H13O4.2C6H5.BrH.Sn/c1-4-5(9)6-7(10-4)12-8(2,3)11-6;2*1-2-4-6-5-3-1;;/h4-7,9H,1H2,2-3H3;2*1-5H;1H;/q;;;;+1/p-1/t4-,5+,6-,7-;;;;/m1..../s1. The predicted molar refractivity (Wildman–Crippen MR) is 106 cm³/mol. The Hall–Kier alpha value is -0.441. The molecule has 4 rings (SSSR count). The van der Waals surface area contributed by atoms with Gasteiger partial charge in [-0.15, -0.1) is 0 Å². The van der Waals surface area contributed by atoms with Crippen molar-refractivity contribution in [2.75, 3.05) is 0 Å². The van der Waals surface area contributed by atoms with Crippen molar-refractivity contribution in [3.8, 4) is 0 Å². The molecule has 0 spiro atoms. The second-order valence-corrected chi connectivity index (χ2v) is 25.5. The molecular formula is C20H23BrO4Sn. The van der Waals surface area contributed by atoms with Crippen LogP contribution in [-0.2, 0) is 14.2 Å². The predicted octanol–water partition coefficient (Wildman–Crippen LogP) is 2.38. The van der Waals surface area contributed by atoms with Gasteiger partial charge >= 0.3 is 165 Å². The summed E-state index contributed by atoms with van der Waals surface area (Å²) in [6, 6.07) is 21.0. The molecule has 2 aliphatic rings. The van der Waals surface area contributed by atoms with Crippen molar-refractivity contribution in [3.05, 3.63) is 60.7 Å². The molecule has 2 fully saturated rings. The zero-order chi connectivity index (χ0) is 18.4. The third-order valence-corrected chi connectivity index (χ3v) is 23.3. The summed E-state index contributed by atoms with van der Waals surface area (Å²) in [6.07, 6.45) is -1.93. The van der Waals surface area contributed by atoms with Gasteiger partial charge in [0.15, 0.2) is 0 Å². The molecule has 2 saturated heterocycles. The van der Waals surface area contributed by atoms with Crippen molar-refractivity contribution in [1.29, 1.82) is 0 Å². The first-order valence-electron chi connectivity index (χ1n) is 8.88. The summed E-state index contributed by atoms with van der Waals surface area (Å²) in [4.78, 5) is 0. The zero-order valence-electron chi connectivity index (χ0n) is 14.8. The molecule has 0 radical (unpaired) electrons. The van der Waals surface area contributed by atoms with Crippen LogP contribution in [0.15, 0.2) is 60.7 Å². The van der Waals surface area contributed by atoms with E-state index in [4.69, 9.17) is 14.2 Å². The van der Waals surface area contributed by atoms with Crippen molar-refractivity contribution in [3.63, 3.8) is 0 Å². The third-order valence-electron chi connectivity index (χ3n) is 5.06. The first-order chi connectivity index (χ1) is 12.4. The van der Waals surface area contributed by atoms with E-state index in [0.717, 1.165) is 4.44 Å². The molecule has 0 saturated carbocycles. The van der Waals surface area contributed by atoms with Crippen LogP contribution in [0.5, 0.6) is 0 Å². The molecule has 0 aliphatic carbocycles. The second kappa shape index (κ2) is 7.18. The summed E-state index contributed by atoms with van der Waals surface area (Å²) in [6.45, 7) is 3.69. The Labute approximate surface area is 164 Å². The van der Waals surface area contributed by atoms with E-state index in [2.05, 4.69) is 61.2 Å². The quantitative estimate of drug-likeness (QED) is 0.623. The summed E-state index contributed by atoms with van der Waals surface area (Å²) < 4.78 is 21.2. The monoisotopic (exact) mass is 526 g/mol. The molecule has 2 aliphatic heterocycles. The zero-order valence-corrected chi connectivity index (χ0v) is 19.3. The van der Waals surface area contributed by atoms with Gasteiger partial charge in [-0.05, 0) is 0 Å². The number of ether oxygens (including phenoxy) is 3. The van der Waals surface area contributed by atoms with E-state index >= 15 is 0 Å². The van der Waals surface area contributed by atoms with Crippen LogP contribution < -0.4 is 7.16 Å². The van der Waals surface area contributed by atoms with Gasteiger partial charge in [-0.25, -0.2) is 0 Å². The molecule has 0 unspecified atom stereocenters. The fourth-order valence-corrected chi connectivity index (χ4v) is 18.5. The number of aliphatic hydroxyl groups is 1. The fraction of sp³-hybridized carbons (Fsp3) is 0.400. The van der Waals surface area contributed by atoms with Crippen LogP contribution in [0.3, 0.4) is 0 Å². The van der Waals surface area contributed by atoms with Gasteiger partial charge in [0.2, 0.25) is 0 Å². The molecule has 6 heteroatoms. The van der Waals surface area contributed by atoms with Crippen LogP contribution in [0, 0.1) is 0 Å². The molecule has 0 aromatic heterocycles. The van der Waals surface area contributed by atoms with Crippen molar-refractivity contribution in [1.82, 2.24) is 0 Å². The molecule has 2 heterocycles. The summed E-state index contributed by atoms with van der Waals surface area (Å²) >= 11 is 0.982. The van der Waals surface area contributed by atoms with Gasteiger partial charge < -0.3 is 0 Å². The Morgan fingerprint density at radius 1 is 0.962 bits per heavy atom. The van der Waals surface area contributed by atoms with Gasteiger partial charge in [-0.1, -0.05) is 0 Å². The minimum atomic E-state index is -3.20. The Morgan fingerprint density at radius 3 is 2.00 bits per heavy atom. The maximum atomic E-state index is 10.8. The average molecular weight is 526 g/mol. The molecule has 4 nitrogen and oxygen atoms in total. The van der Waals surface area contributed by atoms with Gasteiger partial charge in [0.05, 0.1) is 0 Å². The van der Waals surface area contributed by atoms with Crippen LogP contribution in [0.4, 0.5) is 0 Å². The number of hydrogen-bond acceptors (Lipinski definition) is 4. The Morgan fingerprint density at radius 2 is 1.50 bits per heavy atom. The molecule has 138 valence electrons. The normalized spacial score (nSPS) is 30.3. The Bertz CT molecular complexity index is 715. The van der Waals surface area contributed by atoms with Crippen LogP contribution >= 0.6 is 12.7 Å². The molecule has 1 N–H and O–H groups in total. The molecule has 0 amide bonds. The van der Waals surface area contributed by atoms with E-state index in [1.807, 2.05) is 26.0 Å². The van der Waals surface area contributed by atoms with Crippen molar-refractivity contribution in [2.45, 2.75) is 48.7 Å². The van der Waals surface area contributed by atoms with Crippen molar-refractivity contribution < 1.29 is 19.3 Å². The summed E-state index contributed by atoms with van der Waals surface area (Å²) in [7, 11) is 0. The van der Waals surface area contributed by atoms with E-state index < -0.39 is 40.4 Å². The van der Waals surface area contributed by atoms with Gasteiger partial charge in [0.1, 0.15) is 0 Å². The van der Waals surface area contributed by atoms with E-state index in [1.165, 1.54) is 7.16 Å². The molecule has 4 atom stereocenters. The van der Waals surface area contributed by atoms with Crippen LogP contribution in [0.2, 0.25) is 4.44 Å². The fourth-order valence-electron chi connectivity index (χ4n) is 3.81. The number of halogens is 1. The number of aliphatic hydroxyl groups excluding tert-OH is 1. The third kappa shape index (κ3) is 3.50. The molecular weight excluding hydrogens is 503 g/mol. The van der Waals surface area contributed by atoms with E-state index in [9.17, 15) is 5.11 Å². The molecule has 26 heavy (non-hydrogen) atoms.